The van der Waals surface area contributed by atoms with E-state index in [0.717, 1.165) is 30.7 Å². The number of piperidine rings is 1. The fraction of sp³-hybridized carbons (Fsp3) is 0.538. The standard InChI is InChI=1S/C13H19NO2/c1-11-5-2-3-6-12(11)16-10-13(15)7-4-8-14-9-13/h2-3,5-6,14-15H,4,7-10H2,1H3. The number of rotatable bonds is 3. The number of aliphatic hydroxyl groups is 1. The van der Waals surface area contributed by atoms with Crippen LogP contribution in [0.3, 0.4) is 0 Å². The van der Waals surface area contributed by atoms with Crippen LogP contribution in [0.2, 0.25) is 0 Å². The lowest BCUT2D eigenvalue weighted by molar-refractivity contribution is -0.0231. The molecule has 3 heteroatoms. The molecule has 2 rings (SSSR count). The monoisotopic (exact) mass is 221 g/mol. The molecule has 0 amide bonds. The number of para-hydroxylation sites is 1. The SMILES string of the molecule is Cc1ccccc1OCC1(O)CCCNC1. The zero-order valence-electron chi connectivity index (χ0n) is 9.70. The molecule has 1 saturated heterocycles. The third-order valence-corrected chi connectivity index (χ3v) is 3.04. The lowest BCUT2D eigenvalue weighted by Crippen LogP contribution is -2.49. The molecule has 1 aliphatic rings. The van der Waals surface area contributed by atoms with Gasteiger partial charge in [-0.1, -0.05) is 18.2 Å². The van der Waals surface area contributed by atoms with Crippen molar-refractivity contribution in [3.05, 3.63) is 29.8 Å². The molecule has 16 heavy (non-hydrogen) atoms. The van der Waals surface area contributed by atoms with E-state index < -0.39 is 5.60 Å². The minimum Gasteiger partial charge on any atom is -0.490 e. The van der Waals surface area contributed by atoms with Crippen LogP contribution in [0.5, 0.6) is 5.75 Å². The first-order valence-electron chi connectivity index (χ1n) is 5.81. The van der Waals surface area contributed by atoms with Crippen LogP contribution in [0, 0.1) is 6.92 Å². The molecule has 0 bridgehead atoms. The van der Waals surface area contributed by atoms with Crippen molar-refractivity contribution < 1.29 is 9.84 Å². The van der Waals surface area contributed by atoms with Gasteiger partial charge in [-0.05, 0) is 37.9 Å². The maximum absolute atomic E-state index is 10.2. The van der Waals surface area contributed by atoms with E-state index in [4.69, 9.17) is 4.74 Å². The summed E-state index contributed by atoms with van der Waals surface area (Å²) in [5.41, 5.74) is 0.399. The quantitative estimate of drug-likeness (QED) is 0.812. The molecule has 1 aromatic carbocycles. The van der Waals surface area contributed by atoms with Crippen LogP contribution in [0.25, 0.3) is 0 Å². The largest absolute Gasteiger partial charge is 0.490 e. The molecule has 0 radical (unpaired) electrons. The van der Waals surface area contributed by atoms with Crippen molar-refractivity contribution in [3.63, 3.8) is 0 Å². The van der Waals surface area contributed by atoms with Gasteiger partial charge in [-0.15, -0.1) is 0 Å². The number of ether oxygens (including phenoxy) is 1. The van der Waals surface area contributed by atoms with Crippen molar-refractivity contribution in [2.75, 3.05) is 19.7 Å². The van der Waals surface area contributed by atoms with Crippen molar-refractivity contribution in [2.45, 2.75) is 25.4 Å². The normalized spacial score (nSPS) is 25.4. The maximum Gasteiger partial charge on any atom is 0.122 e. The molecule has 3 nitrogen and oxygen atoms in total. The Labute approximate surface area is 96.4 Å². The third kappa shape index (κ3) is 2.74. The van der Waals surface area contributed by atoms with Crippen LogP contribution in [-0.4, -0.2) is 30.4 Å². The van der Waals surface area contributed by atoms with Gasteiger partial charge in [0.05, 0.1) is 0 Å². The van der Waals surface area contributed by atoms with Gasteiger partial charge in [-0.3, -0.25) is 0 Å². The molecule has 1 heterocycles. The van der Waals surface area contributed by atoms with E-state index in [1.807, 2.05) is 31.2 Å². The van der Waals surface area contributed by atoms with Crippen LogP contribution in [0.1, 0.15) is 18.4 Å². The Balaban J connectivity index is 1.94. The third-order valence-electron chi connectivity index (χ3n) is 3.04. The molecule has 1 aromatic rings. The Morgan fingerprint density at radius 1 is 1.44 bits per heavy atom. The number of aryl methyl sites for hydroxylation is 1. The number of benzene rings is 1. The Kier molecular flexibility index (Phi) is 3.46. The second-order valence-electron chi connectivity index (χ2n) is 4.56. The Morgan fingerprint density at radius 3 is 2.94 bits per heavy atom. The van der Waals surface area contributed by atoms with Gasteiger partial charge in [-0.2, -0.15) is 0 Å². The lowest BCUT2D eigenvalue weighted by Gasteiger charge is -2.32. The predicted octanol–water partition coefficient (Wildman–Crippen LogP) is 1.49. The molecule has 1 fully saturated rings. The van der Waals surface area contributed by atoms with Crippen molar-refractivity contribution in [1.82, 2.24) is 5.32 Å². The first-order valence-corrected chi connectivity index (χ1v) is 5.81. The van der Waals surface area contributed by atoms with Crippen molar-refractivity contribution >= 4 is 0 Å². The molecule has 0 saturated carbocycles. The predicted molar refractivity (Wildman–Crippen MR) is 63.7 cm³/mol. The average molecular weight is 221 g/mol. The summed E-state index contributed by atoms with van der Waals surface area (Å²) >= 11 is 0. The molecule has 1 unspecified atom stereocenters. The summed E-state index contributed by atoms with van der Waals surface area (Å²) in [6.45, 7) is 3.99. The van der Waals surface area contributed by atoms with Gasteiger partial charge in [0, 0.05) is 6.54 Å². The molecule has 1 aliphatic heterocycles. The molecule has 0 aliphatic carbocycles. The van der Waals surface area contributed by atoms with Gasteiger partial charge >= 0.3 is 0 Å². The summed E-state index contributed by atoms with van der Waals surface area (Å²) in [7, 11) is 0. The summed E-state index contributed by atoms with van der Waals surface area (Å²) in [5, 5.41) is 13.4. The highest BCUT2D eigenvalue weighted by molar-refractivity contribution is 5.31. The van der Waals surface area contributed by atoms with E-state index in [-0.39, 0.29) is 0 Å². The summed E-state index contributed by atoms with van der Waals surface area (Å²) in [6.07, 6.45) is 1.82. The first-order chi connectivity index (χ1) is 7.70. The molecule has 0 spiro atoms. The zero-order valence-corrected chi connectivity index (χ0v) is 9.70. The Morgan fingerprint density at radius 2 is 2.25 bits per heavy atom. The molecule has 88 valence electrons. The van der Waals surface area contributed by atoms with E-state index in [9.17, 15) is 5.11 Å². The van der Waals surface area contributed by atoms with Gasteiger partial charge in [0.1, 0.15) is 18.0 Å². The fourth-order valence-electron chi connectivity index (χ4n) is 2.01. The minimum absolute atomic E-state index is 0.366. The zero-order chi connectivity index (χ0) is 11.4. The van der Waals surface area contributed by atoms with E-state index >= 15 is 0 Å². The van der Waals surface area contributed by atoms with Crippen molar-refractivity contribution in [2.24, 2.45) is 0 Å². The van der Waals surface area contributed by atoms with Gasteiger partial charge in [-0.25, -0.2) is 0 Å². The van der Waals surface area contributed by atoms with E-state index in [1.54, 1.807) is 0 Å². The maximum atomic E-state index is 10.2. The fourth-order valence-corrected chi connectivity index (χ4v) is 2.01. The summed E-state index contributed by atoms with van der Waals surface area (Å²) in [5.74, 6) is 0.862. The van der Waals surface area contributed by atoms with E-state index in [0.29, 0.717) is 13.2 Å². The molecular formula is C13H19NO2. The highest BCUT2D eigenvalue weighted by atomic mass is 16.5. The van der Waals surface area contributed by atoms with E-state index in [1.165, 1.54) is 0 Å². The molecule has 0 aromatic heterocycles. The highest BCUT2D eigenvalue weighted by Crippen LogP contribution is 2.21. The smallest absolute Gasteiger partial charge is 0.122 e. The minimum atomic E-state index is -0.708. The summed E-state index contributed by atoms with van der Waals surface area (Å²) in [4.78, 5) is 0. The van der Waals surface area contributed by atoms with Gasteiger partial charge < -0.3 is 15.2 Å². The molecule has 1 atom stereocenters. The summed E-state index contributed by atoms with van der Waals surface area (Å²) < 4.78 is 5.69. The average Bonchev–Trinajstić information content (AvgIpc) is 2.29. The van der Waals surface area contributed by atoms with Crippen LogP contribution in [0.4, 0.5) is 0 Å². The topological polar surface area (TPSA) is 41.5 Å². The molecule has 2 N–H and O–H groups in total. The van der Waals surface area contributed by atoms with Crippen LogP contribution in [-0.2, 0) is 0 Å². The number of hydrogen-bond acceptors (Lipinski definition) is 3. The number of β-amino-alcohol motifs (C(OH)–C–C–N with tert-alkyl or cyclic N) is 1. The molecular weight excluding hydrogens is 202 g/mol. The van der Waals surface area contributed by atoms with Crippen molar-refractivity contribution in [3.8, 4) is 5.75 Å². The summed E-state index contributed by atoms with van der Waals surface area (Å²) in [6, 6.07) is 7.89. The van der Waals surface area contributed by atoms with Crippen LogP contribution in [0.15, 0.2) is 24.3 Å². The van der Waals surface area contributed by atoms with Gasteiger partial charge in [0.25, 0.3) is 0 Å². The number of nitrogens with one attached hydrogen (secondary N) is 1. The first kappa shape index (κ1) is 11.4. The van der Waals surface area contributed by atoms with Crippen LogP contribution < -0.4 is 10.1 Å². The second-order valence-corrected chi connectivity index (χ2v) is 4.56. The Hall–Kier alpha value is -1.06. The second kappa shape index (κ2) is 4.85. The highest BCUT2D eigenvalue weighted by Gasteiger charge is 2.30. The van der Waals surface area contributed by atoms with Gasteiger partial charge in [0.2, 0.25) is 0 Å². The number of hydrogen-bond donors (Lipinski definition) is 2. The van der Waals surface area contributed by atoms with Crippen LogP contribution >= 0.6 is 0 Å². The van der Waals surface area contributed by atoms with Crippen molar-refractivity contribution in [1.29, 1.82) is 0 Å². The van der Waals surface area contributed by atoms with Gasteiger partial charge in [0.15, 0.2) is 0 Å². The lowest BCUT2D eigenvalue weighted by atomic mass is 9.95. The van der Waals surface area contributed by atoms with E-state index in [2.05, 4.69) is 5.32 Å². The Bertz CT molecular complexity index is 346.